The van der Waals surface area contributed by atoms with E-state index in [0.29, 0.717) is 13.0 Å². The number of hydrogen-bond acceptors (Lipinski definition) is 3. The van der Waals surface area contributed by atoms with Crippen LogP contribution in [0.5, 0.6) is 0 Å². The zero-order chi connectivity index (χ0) is 11.5. The van der Waals surface area contributed by atoms with Crippen LogP contribution in [0.1, 0.15) is 53.4 Å². The van der Waals surface area contributed by atoms with Crippen molar-refractivity contribution in [3.63, 3.8) is 0 Å². The Bertz CT molecular complexity index is 186. The molecule has 0 bridgehead atoms. The van der Waals surface area contributed by atoms with E-state index < -0.39 is 0 Å². The van der Waals surface area contributed by atoms with Crippen LogP contribution >= 0.6 is 0 Å². The molecule has 0 aromatic carbocycles. The van der Waals surface area contributed by atoms with Crippen molar-refractivity contribution in [3.05, 3.63) is 0 Å². The van der Waals surface area contributed by atoms with Crippen molar-refractivity contribution in [2.75, 3.05) is 13.2 Å². The molecule has 0 aromatic rings. The first-order valence-corrected chi connectivity index (χ1v) is 5.94. The molecule has 0 radical (unpaired) electrons. The first kappa shape index (κ1) is 12.9. The normalized spacial score (nSPS) is 25.4. The third-order valence-electron chi connectivity index (χ3n) is 3.20. The molecule has 90 valence electrons. The van der Waals surface area contributed by atoms with Crippen molar-refractivity contribution in [1.82, 2.24) is 5.06 Å². The number of hydrogen-bond donors (Lipinski definition) is 1. The summed E-state index contributed by atoms with van der Waals surface area (Å²) in [5.41, 5.74) is 0.217. The second kappa shape index (κ2) is 4.81. The molecule has 1 rings (SSSR count). The highest BCUT2D eigenvalue weighted by atomic mass is 16.7. The van der Waals surface area contributed by atoms with Crippen LogP contribution in [0.4, 0.5) is 0 Å². The van der Waals surface area contributed by atoms with Crippen LogP contribution in [0.25, 0.3) is 0 Å². The predicted octanol–water partition coefficient (Wildman–Crippen LogP) is 2.34. The summed E-state index contributed by atoms with van der Waals surface area (Å²) in [6.07, 6.45) is 4.33. The quantitative estimate of drug-likeness (QED) is 0.731. The van der Waals surface area contributed by atoms with Gasteiger partial charge < -0.3 is 5.11 Å². The number of nitrogens with zero attached hydrogens (tertiary/aromatic N) is 1. The van der Waals surface area contributed by atoms with Gasteiger partial charge in [-0.2, -0.15) is 5.06 Å². The van der Waals surface area contributed by atoms with E-state index in [4.69, 9.17) is 9.94 Å². The third-order valence-corrected chi connectivity index (χ3v) is 3.20. The molecule has 0 spiro atoms. The lowest BCUT2D eigenvalue weighted by Crippen LogP contribution is -2.58. The Morgan fingerprint density at radius 2 is 1.67 bits per heavy atom. The summed E-state index contributed by atoms with van der Waals surface area (Å²) in [5.74, 6) is 0. The lowest BCUT2D eigenvalue weighted by Gasteiger charge is -2.51. The van der Waals surface area contributed by atoms with Crippen LogP contribution in [0, 0.1) is 0 Å². The van der Waals surface area contributed by atoms with Crippen molar-refractivity contribution in [3.8, 4) is 0 Å². The molecule has 1 heterocycles. The van der Waals surface area contributed by atoms with Gasteiger partial charge in [0.15, 0.2) is 0 Å². The van der Waals surface area contributed by atoms with Crippen LogP contribution in [-0.2, 0) is 4.84 Å². The third kappa shape index (κ3) is 3.16. The minimum absolute atomic E-state index is 0.108. The monoisotopic (exact) mass is 215 g/mol. The van der Waals surface area contributed by atoms with Gasteiger partial charge in [0.1, 0.15) is 0 Å². The molecule has 0 saturated carbocycles. The van der Waals surface area contributed by atoms with Crippen molar-refractivity contribution in [2.45, 2.75) is 64.5 Å². The van der Waals surface area contributed by atoms with Gasteiger partial charge in [-0.1, -0.05) is 0 Å². The van der Waals surface area contributed by atoms with Gasteiger partial charge in [-0.25, -0.2) is 0 Å². The number of hydroxylamine groups is 2. The summed E-state index contributed by atoms with van der Waals surface area (Å²) >= 11 is 0. The zero-order valence-electron chi connectivity index (χ0n) is 10.5. The van der Waals surface area contributed by atoms with E-state index in [1.54, 1.807) is 0 Å². The second-order valence-corrected chi connectivity index (χ2v) is 5.68. The average Bonchev–Trinajstić information content (AvgIpc) is 2.09. The fraction of sp³-hybridized carbons (Fsp3) is 1.00. The molecule has 1 aliphatic heterocycles. The van der Waals surface area contributed by atoms with Gasteiger partial charge >= 0.3 is 0 Å². The molecule has 0 aromatic heterocycles. The summed E-state index contributed by atoms with van der Waals surface area (Å²) in [7, 11) is 0. The summed E-state index contributed by atoms with van der Waals surface area (Å²) in [6, 6.07) is 0. The van der Waals surface area contributed by atoms with Crippen molar-refractivity contribution < 1.29 is 9.94 Å². The highest BCUT2D eigenvalue weighted by Gasteiger charge is 2.42. The van der Waals surface area contributed by atoms with E-state index in [0.717, 1.165) is 0 Å². The van der Waals surface area contributed by atoms with Gasteiger partial charge in [0.25, 0.3) is 0 Å². The fourth-order valence-corrected chi connectivity index (χ4v) is 2.55. The number of rotatable bonds is 4. The van der Waals surface area contributed by atoms with Gasteiger partial charge in [-0.3, -0.25) is 4.84 Å². The van der Waals surface area contributed by atoms with Crippen molar-refractivity contribution in [1.29, 1.82) is 0 Å². The van der Waals surface area contributed by atoms with Crippen LogP contribution in [0.15, 0.2) is 0 Å². The largest absolute Gasteiger partial charge is 0.396 e. The SMILES string of the molecule is CC1(C)CCCC(C)(C)N1OCCCO. The van der Waals surface area contributed by atoms with Gasteiger partial charge in [0.05, 0.1) is 6.61 Å². The predicted molar refractivity (Wildman–Crippen MR) is 61.5 cm³/mol. The number of aliphatic hydroxyl groups excluding tert-OH is 1. The first-order valence-electron chi connectivity index (χ1n) is 5.94. The van der Waals surface area contributed by atoms with Crippen LogP contribution in [-0.4, -0.2) is 34.5 Å². The highest BCUT2D eigenvalue weighted by Crippen LogP contribution is 2.38. The Labute approximate surface area is 93.4 Å². The molecule has 1 saturated heterocycles. The average molecular weight is 215 g/mol. The summed E-state index contributed by atoms with van der Waals surface area (Å²) in [6.45, 7) is 9.73. The molecule has 3 heteroatoms. The molecular weight excluding hydrogens is 190 g/mol. The molecule has 1 fully saturated rings. The number of aliphatic hydroxyl groups is 1. The van der Waals surface area contributed by atoms with E-state index in [-0.39, 0.29) is 17.7 Å². The van der Waals surface area contributed by atoms with Gasteiger partial charge in [-0.05, 0) is 53.4 Å². The Kier molecular flexibility index (Phi) is 4.15. The minimum Gasteiger partial charge on any atom is -0.396 e. The molecule has 0 aliphatic carbocycles. The Morgan fingerprint density at radius 1 is 1.13 bits per heavy atom. The Hall–Kier alpha value is -0.120. The minimum atomic E-state index is 0.108. The highest BCUT2D eigenvalue weighted by molar-refractivity contribution is 4.92. The van der Waals surface area contributed by atoms with Crippen LogP contribution < -0.4 is 0 Å². The molecular formula is C12H25NO2. The van der Waals surface area contributed by atoms with Gasteiger partial charge in [0.2, 0.25) is 0 Å². The maximum Gasteiger partial charge on any atom is 0.0707 e. The van der Waals surface area contributed by atoms with Crippen LogP contribution in [0.3, 0.4) is 0 Å². The Balaban J connectivity index is 2.60. The first-order chi connectivity index (χ1) is 6.90. The van der Waals surface area contributed by atoms with E-state index in [1.165, 1.54) is 19.3 Å². The molecule has 3 nitrogen and oxygen atoms in total. The smallest absolute Gasteiger partial charge is 0.0707 e. The van der Waals surface area contributed by atoms with E-state index >= 15 is 0 Å². The molecule has 1 N–H and O–H groups in total. The molecule has 15 heavy (non-hydrogen) atoms. The van der Waals surface area contributed by atoms with E-state index in [9.17, 15) is 0 Å². The fourth-order valence-electron chi connectivity index (χ4n) is 2.55. The topological polar surface area (TPSA) is 32.7 Å². The maximum absolute atomic E-state index is 8.76. The summed E-state index contributed by atoms with van der Waals surface area (Å²) in [4.78, 5) is 5.83. The zero-order valence-corrected chi connectivity index (χ0v) is 10.5. The van der Waals surface area contributed by atoms with Crippen molar-refractivity contribution in [2.24, 2.45) is 0 Å². The molecule has 0 atom stereocenters. The summed E-state index contributed by atoms with van der Waals surface area (Å²) < 4.78 is 0. The van der Waals surface area contributed by atoms with Gasteiger partial charge in [0, 0.05) is 17.7 Å². The lowest BCUT2D eigenvalue weighted by molar-refractivity contribution is -0.281. The molecule has 0 amide bonds. The number of piperidine rings is 1. The second-order valence-electron chi connectivity index (χ2n) is 5.68. The Morgan fingerprint density at radius 3 is 2.13 bits per heavy atom. The molecule has 1 aliphatic rings. The summed E-state index contributed by atoms with van der Waals surface area (Å²) in [5, 5.41) is 10.9. The van der Waals surface area contributed by atoms with Gasteiger partial charge in [-0.15, -0.1) is 0 Å². The molecule has 0 unspecified atom stereocenters. The maximum atomic E-state index is 8.76. The lowest BCUT2D eigenvalue weighted by atomic mass is 9.82. The van der Waals surface area contributed by atoms with Crippen LogP contribution in [0.2, 0.25) is 0 Å². The van der Waals surface area contributed by atoms with E-state index in [2.05, 4.69) is 32.8 Å². The van der Waals surface area contributed by atoms with Crippen molar-refractivity contribution >= 4 is 0 Å². The standard InChI is InChI=1S/C12H25NO2/c1-11(2)7-5-8-12(3,4)13(11)15-10-6-9-14/h14H,5-10H2,1-4H3. The van der Waals surface area contributed by atoms with E-state index in [1.807, 2.05) is 0 Å².